The van der Waals surface area contributed by atoms with Crippen molar-refractivity contribution >= 4 is 12.0 Å². The summed E-state index contributed by atoms with van der Waals surface area (Å²) < 4.78 is 21.0. The van der Waals surface area contributed by atoms with Crippen molar-refractivity contribution in [2.45, 2.75) is 19.0 Å². The summed E-state index contributed by atoms with van der Waals surface area (Å²) in [5, 5.41) is 2.87. The number of amides is 2. The molecular formula is C17H20N2O6. The highest BCUT2D eigenvalue weighted by molar-refractivity contribution is 5.87. The van der Waals surface area contributed by atoms with Crippen LogP contribution < -0.4 is 14.8 Å². The molecule has 3 aliphatic heterocycles. The summed E-state index contributed by atoms with van der Waals surface area (Å²) in [6, 6.07) is 4.94. The summed E-state index contributed by atoms with van der Waals surface area (Å²) in [5.41, 5.74) is 0.901. The van der Waals surface area contributed by atoms with E-state index in [0.29, 0.717) is 37.8 Å². The average Bonchev–Trinajstić information content (AvgIpc) is 3.35. The van der Waals surface area contributed by atoms with Crippen molar-refractivity contribution in [3.05, 3.63) is 23.8 Å². The van der Waals surface area contributed by atoms with Gasteiger partial charge < -0.3 is 24.3 Å². The van der Waals surface area contributed by atoms with E-state index in [-0.39, 0.29) is 25.2 Å². The SMILES string of the molecule is O=C(NCc1ccc2c(c1)OCO2)[C@@H]1COC(=O)N1CC1CCOC1. The minimum atomic E-state index is -0.595. The molecule has 0 spiro atoms. The molecule has 2 saturated heterocycles. The van der Waals surface area contributed by atoms with Crippen molar-refractivity contribution in [2.75, 3.05) is 33.2 Å². The van der Waals surface area contributed by atoms with Crippen molar-refractivity contribution in [1.82, 2.24) is 10.2 Å². The zero-order valence-corrected chi connectivity index (χ0v) is 13.7. The van der Waals surface area contributed by atoms with Gasteiger partial charge in [0.15, 0.2) is 11.5 Å². The van der Waals surface area contributed by atoms with Crippen LogP contribution in [-0.4, -0.2) is 56.1 Å². The van der Waals surface area contributed by atoms with Crippen LogP contribution in [0.1, 0.15) is 12.0 Å². The number of carbonyl (C=O) groups excluding carboxylic acids is 2. The van der Waals surface area contributed by atoms with E-state index in [1.807, 2.05) is 18.2 Å². The van der Waals surface area contributed by atoms with Gasteiger partial charge in [-0.1, -0.05) is 6.07 Å². The van der Waals surface area contributed by atoms with Crippen LogP contribution in [0, 0.1) is 5.92 Å². The van der Waals surface area contributed by atoms with E-state index in [0.717, 1.165) is 12.0 Å². The molecule has 2 fully saturated rings. The van der Waals surface area contributed by atoms with E-state index in [9.17, 15) is 9.59 Å². The van der Waals surface area contributed by atoms with Crippen LogP contribution in [0.4, 0.5) is 4.79 Å². The Morgan fingerprint density at radius 2 is 2.08 bits per heavy atom. The molecule has 2 atom stereocenters. The second kappa shape index (κ2) is 6.79. The van der Waals surface area contributed by atoms with Gasteiger partial charge in [-0.2, -0.15) is 0 Å². The highest BCUT2D eigenvalue weighted by Crippen LogP contribution is 2.32. The van der Waals surface area contributed by atoms with Gasteiger partial charge in [0.05, 0.1) is 6.61 Å². The lowest BCUT2D eigenvalue weighted by Crippen LogP contribution is -2.47. The molecule has 3 heterocycles. The monoisotopic (exact) mass is 348 g/mol. The van der Waals surface area contributed by atoms with Crippen LogP contribution in [-0.2, 0) is 20.8 Å². The number of rotatable bonds is 5. The molecule has 0 aromatic heterocycles. The Bertz CT molecular complexity index is 673. The summed E-state index contributed by atoms with van der Waals surface area (Å²) in [7, 11) is 0. The molecule has 3 aliphatic rings. The minimum Gasteiger partial charge on any atom is -0.454 e. The van der Waals surface area contributed by atoms with Crippen molar-refractivity contribution < 1.29 is 28.5 Å². The molecule has 2 amide bonds. The summed E-state index contributed by atoms with van der Waals surface area (Å²) in [4.78, 5) is 25.9. The predicted octanol–water partition coefficient (Wildman–Crippen LogP) is 0.889. The first-order valence-electron chi connectivity index (χ1n) is 8.38. The number of carbonyl (C=O) groups is 2. The summed E-state index contributed by atoms with van der Waals surface area (Å²) >= 11 is 0. The van der Waals surface area contributed by atoms with E-state index < -0.39 is 12.1 Å². The van der Waals surface area contributed by atoms with Crippen molar-refractivity contribution in [3.63, 3.8) is 0 Å². The number of hydrogen-bond acceptors (Lipinski definition) is 6. The van der Waals surface area contributed by atoms with Gasteiger partial charge in [0.1, 0.15) is 12.6 Å². The van der Waals surface area contributed by atoms with Crippen LogP contribution >= 0.6 is 0 Å². The summed E-state index contributed by atoms with van der Waals surface area (Å²) in [6.45, 7) is 2.46. The van der Waals surface area contributed by atoms with Gasteiger partial charge in [-0.25, -0.2) is 4.79 Å². The molecule has 0 saturated carbocycles. The van der Waals surface area contributed by atoms with Gasteiger partial charge in [0.25, 0.3) is 0 Å². The van der Waals surface area contributed by atoms with Crippen LogP contribution in [0.5, 0.6) is 11.5 Å². The van der Waals surface area contributed by atoms with E-state index in [2.05, 4.69) is 5.32 Å². The maximum absolute atomic E-state index is 12.5. The third-order valence-electron chi connectivity index (χ3n) is 4.66. The standard InChI is InChI=1S/C17H20N2O6/c20-16(18-6-11-1-2-14-15(5-11)25-10-24-14)13-9-23-17(21)19(13)7-12-3-4-22-8-12/h1-2,5,12-13H,3-4,6-10H2,(H,18,20)/t12?,13-/m0/s1. The molecule has 1 aromatic carbocycles. The Balaban J connectivity index is 1.35. The largest absolute Gasteiger partial charge is 0.454 e. The molecule has 0 radical (unpaired) electrons. The van der Waals surface area contributed by atoms with Gasteiger partial charge in [-0.05, 0) is 24.1 Å². The lowest BCUT2D eigenvalue weighted by molar-refractivity contribution is -0.125. The zero-order chi connectivity index (χ0) is 17.2. The maximum Gasteiger partial charge on any atom is 0.410 e. The number of hydrogen-bond donors (Lipinski definition) is 1. The van der Waals surface area contributed by atoms with Crippen molar-refractivity contribution in [1.29, 1.82) is 0 Å². The Hall–Kier alpha value is -2.48. The molecule has 1 aromatic rings. The number of fused-ring (bicyclic) bond motifs is 1. The topological polar surface area (TPSA) is 86.3 Å². The van der Waals surface area contributed by atoms with Gasteiger partial charge in [0.2, 0.25) is 12.7 Å². The Morgan fingerprint density at radius 1 is 1.20 bits per heavy atom. The molecule has 0 aliphatic carbocycles. The first-order valence-corrected chi connectivity index (χ1v) is 8.38. The quantitative estimate of drug-likeness (QED) is 0.850. The normalized spacial score (nSPS) is 24.5. The molecule has 134 valence electrons. The Kier molecular flexibility index (Phi) is 4.35. The van der Waals surface area contributed by atoms with E-state index >= 15 is 0 Å². The van der Waals surface area contributed by atoms with Gasteiger partial charge in [-0.3, -0.25) is 9.69 Å². The second-order valence-electron chi connectivity index (χ2n) is 6.38. The van der Waals surface area contributed by atoms with E-state index in [1.165, 1.54) is 4.90 Å². The number of nitrogens with one attached hydrogen (secondary N) is 1. The molecule has 8 nitrogen and oxygen atoms in total. The third kappa shape index (κ3) is 3.34. The summed E-state index contributed by atoms with van der Waals surface area (Å²) in [5.74, 6) is 1.42. The van der Waals surface area contributed by atoms with Gasteiger partial charge in [0, 0.05) is 25.6 Å². The van der Waals surface area contributed by atoms with Crippen LogP contribution in [0.3, 0.4) is 0 Å². The summed E-state index contributed by atoms with van der Waals surface area (Å²) in [6.07, 6.45) is 0.463. The van der Waals surface area contributed by atoms with Crippen molar-refractivity contribution in [2.24, 2.45) is 5.92 Å². The average molecular weight is 348 g/mol. The van der Waals surface area contributed by atoms with Crippen LogP contribution in [0.25, 0.3) is 0 Å². The van der Waals surface area contributed by atoms with Crippen LogP contribution in [0.15, 0.2) is 18.2 Å². The lowest BCUT2D eigenvalue weighted by Gasteiger charge is -2.23. The molecule has 1 unspecified atom stereocenters. The first-order chi connectivity index (χ1) is 12.2. The number of cyclic esters (lactones) is 1. The Morgan fingerprint density at radius 3 is 2.92 bits per heavy atom. The number of nitrogens with zero attached hydrogens (tertiary/aromatic N) is 1. The molecule has 25 heavy (non-hydrogen) atoms. The molecule has 4 rings (SSSR count). The highest BCUT2D eigenvalue weighted by atomic mass is 16.7. The Labute approximate surface area is 145 Å². The van der Waals surface area contributed by atoms with Crippen LogP contribution in [0.2, 0.25) is 0 Å². The number of benzene rings is 1. The molecule has 1 N–H and O–H groups in total. The fourth-order valence-corrected chi connectivity index (χ4v) is 3.23. The highest BCUT2D eigenvalue weighted by Gasteiger charge is 2.39. The molecule has 0 bridgehead atoms. The van der Waals surface area contributed by atoms with E-state index in [1.54, 1.807) is 0 Å². The molecule has 8 heteroatoms. The first kappa shape index (κ1) is 16.0. The predicted molar refractivity (Wildman–Crippen MR) is 85.2 cm³/mol. The van der Waals surface area contributed by atoms with Gasteiger partial charge in [-0.15, -0.1) is 0 Å². The fourth-order valence-electron chi connectivity index (χ4n) is 3.23. The fraction of sp³-hybridized carbons (Fsp3) is 0.529. The van der Waals surface area contributed by atoms with Crippen molar-refractivity contribution in [3.8, 4) is 11.5 Å². The maximum atomic E-state index is 12.5. The molecular weight excluding hydrogens is 328 g/mol. The smallest absolute Gasteiger partial charge is 0.410 e. The van der Waals surface area contributed by atoms with Gasteiger partial charge >= 0.3 is 6.09 Å². The minimum absolute atomic E-state index is 0.0827. The van der Waals surface area contributed by atoms with E-state index in [4.69, 9.17) is 18.9 Å². The second-order valence-corrected chi connectivity index (χ2v) is 6.38. The third-order valence-corrected chi connectivity index (χ3v) is 4.66. The zero-order valence-electron chi connectivity index (χ0n) is 13.7. The lowest BCUT2D eigenvalue weighted by atomic mass is 10.1. The number of ether oxygens (including phenoxy) is 4.